The van der Waals surface area contributed by atoms with Crippen molar-refractivity contribution in [1.29, 1.82) is 0 Å². The first kappa shape index (κ1) is 19.1. The summed E-state index contributed by atoms with van der Waals surface area (Å²) in [5.74, 6) is 0. The van der Waals surface area contributed by atoms with Crippen LogP contribution in [0.3, 0.4) is 0 Å². The van der Waals surface area contributed by atoms with E-state index < -0.39 is 5.31 Å². The van der Waals surface area contributed by atoms with Crippen molar-refractivity contribution in [2.75, 3.05) is 0 Å². The topological polar surface area (TPSA) is 0 Å². The van der Waals surface area contributed by atoms with Crippen LogP contribution in [0.1, 0.15) is 11.1 Å². The van der Waals surface area contributed by atoms with Crippen LogP contribution < -0.4 is 21.2 Å². The van der Waals surface area contributed by atoms with E-state index in [1.165, 1.54) is 32.3 Å². The second kappa shape index (κ2) is 7.32. The minimum atomic E-state index is -3.07. The van der Waals surface area contributed by atoms with Crippen molar-refractivity contribution in [3.63, 3.8) is 0 Å². The Hall–Kier alpha value is -2.21. The van der Waals surface area contributed by atoms with E-state index in [-0.39, 0.29) is 0 Å². The van der Waals surface area contributed by atoms with Crippen LogP contribution in [-0.4, -0.2) is 0 Å². The number of hydrogen-bond acceptors (Lipinski definition) is 0. The maximum atomic E-state index is 4.52. The molecule has 28 heavy (non-hydrogen) atoms. The molecule has 4 aromatic carbocycles. The fourth-order valence-corrected chi connectivity index (χ4v) is 11.8. The van der Waals surface area contributed by atoms with Gasteiger partial charge in [0.1, 0.15) is 0 Å². The predicted octanol–water partition coefficient (Wildman–Crippen LogP) is 5.77. The molecule has 4 aromatic rings. The Morgan fingerprint density at radius 1 is 0.464 bits per heavy atom. The number of halogens is 1. The summed E-state index contributed by atoms with van der Waals surface area (Å²) in [6.07, 6.45) is 0. The van der Waals surface area contributed by atoms with Gasteiger partial charge in [-0.25, -0.2) is 0 Å². The van der Waals surface area contributed by atoms with Gasteiger partial charge >= 0.3 is 176 Å². The SMILES string of the molecule is Cc1cc(C)cc(P(Br)(c2ccccc2)(c2ccccc2)c2ccccc2)c1. The molecule has 0 nitrogen and oxygen atoms in total. The average molecular weight is 447 g/mol. The fourth-order valence-electron chi connectivity index (χ4n) is 4.21. The van der Waals surface area contributed by atoms with Crippen LogP contribution in [0, 0.1) is 13.8 Å². The molecule has 0 aliphatic rings. The molecule has 0 spiro atoms. The van der Waals surface area contributed by atoms with Crippen LogP contribution in [-0.2, 0) is 0 Å². The predicted molar refractivity (Wildman–Crippen MR) is 130 cm³/mol. The molecule has 0 bridgehead atoms. The molecule has 0 N–H and O–H groups in total. The number of aryl methyl sites for hydroxylation is 2. The van der Waals surface area contributed by atoms with Gasteiger partial charge < -0.3 is 0 Å². The number of hydrogen-bond donors (Lipinski definition) is 0. The van der Waals surface area contributed by atoms with Crippen LogP contribution >= 0.6 is 20.8 Å². The Kier molecular flexibility index (Phi) is 5.00. The van der Waals surface area contributed by atoms with Crippen molar-refractivity contribution >= 4 is 42.0 Å². The van der Waals surface area contributed by atoms with E-state index >= 15 is 0 Å². The second-order valence-electron chi connectivity index (χ2n) is 7.36. The summed E-state index contributed by atoms with van der Waals surface area (Å²) >= 11 is 4.52. The molecule has 0 heterocycles. The van der Waals surface area contributed by atoms with Gasteiger partial charge in [0.15, 0.2) is 0 Å². The zero-order valence-electron chi connectivity index (χ0n) is 16.2. The van der Waals surface area contributed by atoms with Crippen molar-refractivity contribution in [3.05, 3.63) is 120 Å². The summed E-state index contributed by atoms with van der Waals surface area (Å²) in [5, 5.41) is 2.22. The molecule has 0 aromatic heterocycles. The molecule has 0 aliphatic heterocycles. The molecule has 2 heteroatoms. The Labute approximate surface area is 175 Å². The average Bonchev–Trinajstić information content (AvgIpc) is 2.74. The molecule has 0 saturated carbocycles. The summed E-state index contributed by atoms with van der Waals surface area (Å²) in [7, 11) is 0. The Morgan fingerprint density at radius 3 is 1.11 bits per heavy atom. The zero-order chi connectivity index (χ0) is 19.6. The Morgan fingerprint density at radius 2 is 0.786 bits per heavy atom. The van der Waals surface area contributed by atoms with Gasteiger partial charge in [0.2, 0.25) is 0 Å². The molecule has 0 radical (unpaired) electrons. The van der Waals surface area contributed by atoms with Gasteiger partial charge in [0, 0.05) is 0 Å². The quantitative estimate of drug-likeness (QED) is 0.349. The van der Waals surface area contributed by atoms with E-state index in [4.69, 9.17) is 0 Å². The van der Waals surface area contributed by atoms with Crippen LogP contribution in [0.25, 0.3) is 0 Å². The van der Waals surface area contributed by atoms with E-state index in [2.05, 4.69) is 139 Å². The first-order valence-electron chi connectivity index (χ1n) is 9.53. The maximum absolute atomic E-state index is 4.52. The van der Waals surface area contributed by atoms with Gasteiger partial charge in [-0.1, -0.05) is 0 Å². The monoisotopic (exact) mass is 446 g/mol. The summed E-state index contributed by atoms with van der Waals surface area (Å²) in [4.78, 5) is 0. The third-order valence-corrected chi connectivity index (χ3v) is 15.4. The van der Waals surface area contributed by atoms with E-state index in [0.717, 1.165) is 0 Å². The zero-order valence-corrected chi connectivity index (χ0v) is 18.7. The summed E-state index contributed by atoms with van der Waals surface area (Å²) < 4.78 is 0. The number of benzene rings is 4. The molecular formula is C26H24BrP. The minimum absolute atomic E-state index is 1.28. The summed E-state index contributed by atoms with van der Waals surface area (Å²) in [6, 6.07) is 39.7. The van der Waals surface area contributed by atoms with E-state index in [0.29, 0.717) is 0 Å². The van der Waals surface area contributed by atoms with Crippen LogP contribution in [0.5, 0.6) is 0 Å². The van der Waals surface area contributed by atoms with Gasteiger partial charge in [-0.15, -0.1) is 0 Å². The van der Waals surface area contributed by atoms with Crippen molar-refractivity contribution in [2.24, 2.45) is 0 Å². The third kappa shape index (κ3) is 2.85. The van der Waals surface area contributed by atoms with Gasteiger partial charge in [-0.05, 0) is 0 Å². The van der Waals surface area contributed by atoms with Crippen molar-refractivity contribution < 1.29 is 0 Å². The van der Waals surface area contributed by atoms with Crippen molar-refractivity contribution in [2.45, 2.75) is 13.8 Å². The van der Waals surface area contributed by atoms with Crippen molar-refractivity contribution in [1.82, 2.24) is 0 Å². The Balaban J connectivity index is 2.26. The first-order valence-corrected chi connectivity index (χ1v) is 13.8. The standard InChI is InChI=1S/C26H24BrP/c1-21-18-22(2)20-26(19-21)28(27,23-12-6-3-7-13-23,24-14-8-4-9-15-24)25-16-10-5-11-17-25/h3-20H,1-2H3. The van der Waals surface area contributed by atoms with Crippen LogP contribution in [0.15, 0.2) is 109 Å². The Bertz CT molecular complexity index is 969. The van der Waals surface area contributed by atoms with Crippen molar-refractivity contribution in [3.8, 4) is 0 Å². The van der Waals surface area contributed by atoms with E-state index in [1.807, 2.05) is 0 Å². The molecule has 0 aliphatic carbocycles. The van der Waals surface area contributed by atoms with Gasteiger partial charge in [-0.3, -0.25) is 0 Å². The molecule has 4 rings (SSSR count). The molecule has 0 saturated heterocycles. The second-order valence-corrected chi connectivity index (χ2v) is 15.7. The van der Waals surface area contributed by atoms with Gasteiger partial charge in [-0.2, -0.15) is 0 Å². The van der Waals surface area contributed by atoms with E-state index in [9.17, 15) is 0 Å². The fraction of sp³-hybridized carbons (Fsp3) is 0.0769. The molecule has 0 unspecified atom stereocenters. The molecular weight excluding hydrogens is 423 g/mol. The van der Waals surface area contributed by atoms with Gasteiger partial charge in [0.05, 0.1) is 0 Å². The molecule has 0 amide bonds. The summed E-state index contributed by atoms with van der Waals surface area (Å²) in [6.45, 7) is 4.37. The van der Waals surface area contributed by atoms with Crippen LogP contribution in [0.4, 0.5) is 0 Å². The van der Waals surface area contributed by atoms with Gasteiger partial charge in [0.25, 0.3) is 0 Å². The number of rotatable bonds is 4. The first-order chi connectivity index (χ1) is 13.5. The molecule has 140 valence electrons. The summed E-state index contributed by atoms with van der Waals surface area (Å²) in [5.41, 5.74) is 2.57. The molecule has 0 atom stereocenters. The molecule has 0 fully saturated rings. The third-order valence-electron chi connectivity index (χ3n) is 5.41. The van der Waals surface area contributed by atoms with E-state index in [1.54, 1.807) is 0 Å². The normalized spacial score (nSPS) is 12.9. The van der Waals surface area contributed by atoms with Crippen LogP contribution in [0.2, 0.25) is 0 Å².